The van der Waals surface area contributed by atoms with Gasteiger partial charge in [-0.2, -0.15) is 5.10 Å². The van der Waals surface area contributed by atoms with Crippen molar-refractivity contribution >= 4 is 15.9 Å². The first-order chi connectivity index (χ1) is 8.18. The molecule has 1 atom stereocenters. The summed E-state index contributed by atoms with van der Waals surface area (Å²) in [5, 5.41) is 14.5. The standard InChI is InChI=1S/C13H21BrN2O/c1-16-13(11(14)9-15-16)12(17)8-10-6-4-2-3-5-7-10/h9-10,12,17H,2-8H2,1H3. The lowest BCUT2D eigenvalue weighted by Gasteiger charge is -2.19. The molecule has 17 heavy (non-hydrogen) atoms. The smallest absolute Gasteiger partial charge is 0.0970 e. The number of nitrogens with zero attached hydrogens (tertiary/aromatic N) is 2. The third kappa shape index (κ3) is 3.32. The Morgan fingerprint density at radius 1 is 1.41 bits per heavy atom. The van der Waals surface area contributed by atoms with Crippen molar-refractivity contribution in [2.24, 2.45) is 13.0 Å². The minimum absolute atomic E-state index is 0.389. The molecule has 0 radical (unpaired) electrons. The molecule has 1 N–H and O–H groups in total. The summed E-state index contributed by atoms with van der Waals surface area (Å²) in [5.41, 5.74) is 0.911. The fourth-order valence-corrected chi connectivity index (χ4v) is 3.43. The number of hydrogen-bond donors (Lipinski definition) is 1. The van der Waals surface area contributed by atoms with E-state index in [1.807, 2.05) is 7.05 Å². The van der Waals surface area contributed by atoms with Gasteiger partial charge in [-0.25, -0.2) is 0 Å². The maximum absolute atomic E-state index is 10.3. The van der Waals surface area contributed by atoms with E-state index in [-0.39, 0.29) is 6.10 Å². The van der Waals surface area contributed by atoms with E-state index in [1.165, 1.54) is 38.5 Å². The number of aromatic nitrogens is 2. The average molecular weight is 301 g/mol. The van der Waals surface area contributed by atoms with Crippen LogP contribution >= 0.6 is 15.9 Å². The molecule has 1 fully saturated rings. The third-order valence-corrected chi connectivity index (χ3v) is 4.40. The first-order valence-corrected chi connectivity index (χ1v) is 7.33. The normalized spacial score (nSPS) is 20.2. The molecule has 1 heterocycles. The molecule has 1 aliphatic carbocycles. The van der Waals surface area contributed by atoms with Crippen molar-refractivity contribution < 1.29 is 5.11 Å². The topological polar surface area (TPSA) is 38.0 Å². The van der Waals surface area contributed by atoms with Gasteiger partial charge in [0.05, 0.1) is 22.5 Å². The quantitative estimate of drug-likeness (QED) is 0.867. The van der Waals surface area contributed by atoms with Crippen LogP contribution in [0.1, 0.15) is 56.7 Å². The second kappa shape index (κ2) is 6.01. The summed E-state index contributed by atoms with van der Waals surface area (Å²) in [5.74, 6) is 0.675. The monoisotopic (exact) mass is 300 g/mol. The molecule has 0 aliphatic heterocycles. The van der Waals surface area contributed by atoms with Gasteiger partial charge in [0.25, 0.3) is 0 Å². The molecule has 3 nitrogen and oxygen atoms in total. The van der Waals surface area contributed by atoms with E-state index in [2.05, 4.69) is 21.0 Å². The minimum atomic E-state index is -0.389. The first kappa shape index (κ1) is 13.1. The van der Waals surface area contributed by atoms with E-state index >= 15 is 0 Å². The maximum Gasteiger partial charge on any atom is 0.0970 e. The predicted molar refractivity (Wildman–Crippen MR) is 71.7 cm³/mol. The Hall–Kier alpha value is -0.350. The molecule has 1 aliphatic rings. The van der Waals surface area contributed by atoms with Crippen molar-refractivity contribution in [1.29, 1.82) is 0 Å². The summed E-state index contributed by atoms with van der Waals surface area (Å²) in [6.45, 7) is 0. The number of aryl methyl sites for hydroxylation is 1. The largest absolute Gasteiger partial charge is 0.387 e. The Bertz CT molecular complexity index is 337. The number of aliphatic hydroxyl groups is 1. The zero-order valence-corrected chi connectivity index (χ0v) is 12.0. The van der Waals surface area contributed by atoms with Crippen molar-refractivity contribution in [2.45, 2.75) is 51.0 Å². The lowest BCUT2D eigenvalue weighted by molar-refractivity contribution is 0.130. The van der Waals surface area contributed by atoms with Crippen molar-refractivity contribution in [2.75, 3.05) is 0 Å². The molecule has 0 amide bonds. The summed E-state index contributed by atoms with van der Waals surface area (Å²) < 4.78 is 2.69. The van der Waals surface area contributed by atoms with Gasteiger partial charge >= 0.3 is 0 Å². The Morgan fingerprint density at radius 2 is 2.06 bits per heavy atom. The van der Waals surface area contributed by atoms with E-state index in [1.54, 1.807) is 10.9 Å². The zero-order chi connectivity index (χ0) is 12.3. The lowest BCUT2D eigenvalue weighted by Crippen LogP contribution is -2.11. The Labute approximate surface area is 111 Å². The Balaban J connectivity index is 1.98. The molecule has 1 aromatic heterocycles. The number of aliphatic hydroxyl groups excluding tert-OH is 1. The second-order valence-corrected chi connectivity index (χ2v) is 5.96. The molecule has 1 aromatic rings. The highest BCUT2D eigenvalue weighted by Crippen LogP contribution is 2.33. The van der Waals surface area contributed by atoms with Crippen molar-refractivity contribution in [3.8, 4) is 0 Å². The predicted octanol–water partition coefficient (Wildman–Crippen LogP) is 3.58. The highest BCUT2D eigenvalue weighted by atomic mass is 79.9. The lowest BCUT2D eigenvalue weighted by atomic mass is 9.93. The molecule has 0 saturated heterocycles. The number of halogens is 1. The summed E-state index contributed by atoms with van der Waals surface area (Å²) >= 11 is 3.45. The molecular weight excluding hydrogens is 280 g/mol. The summed E-state index contributed by atoms with van der Waals surface area (Å²) in [7, 11) is 1.89. The van der Waals surface area contributed by atoms with E-state index < -0.39 is 0 Å². The van der Waals surface area contributed by atoms with Gasteiger partial charge in [0, 0.05) is 7.05 Å². The van der Waals surface area contributed by atoms with Crippen molar-refractivity contribution in [3.63, 3.8) is 0 Å². The fraction of sp³-hybridized carbons (Fsp3) is 0.769. The van der Waals surface area contributed by atoms with Crippen molar-refractivity contribution in [1.82, 2.24) is 9.78 Å². The number of hydrogen-bond acceptors (Lipinski definition) is 2. The molecule has 4 heteroatoms. The van der Waals surface area contributed by atoms with Crippen LogP contribution in [0.2, 0.25) is 0 Å². The van der Waals surface area contributed by atoms with Crippen LogP contribution in [0.3, 0.4) is 0 Å². The first-order valence-electron chi connectivity index (χ1n) is 6.54. The third-order valence-electron chi connectivity index (χ3n) is 3.78. The number of rotatable bonds is 3. The average Bonchev–Trinajstić information content (AvgIpc) is 2.53. The molecule has 1 saturated carbocycles. The highest BCUT2D eigenvalue weighted by molar-refractivity contribution is 9.10. The SMILES string of the molecule is Cn1ncc(Br)c1C(O)CC1CCCCCC1. The summed E-state index contributed by atoms with van der Waals surface area (Å²) in [4.78, 5) is 0. The van der Waals surface area contributed by atoms with Crippen LogP contribution in [0.5, 0.6) is 0 Å². The van der Waals surface area contributed by atoms with Crippen LogP contribution in [0.15, 0.2) is 10.7 Å². The second-order valence-electron chi connectivity index (χ2n) is 5.11. The minimum Gasteiger partial charge on any atom is -0.387 e. The summed E-state index contributed by atoms with van der Waals surface area (Å²) in [6.07, 6.45) is 10.2. The van der Waals surface area contributed by atoms with E-state index in [0.29, 0.717) is 5.92 Å². The van der Waals surface area contributed by atoms with Gasteiger partial charge < -0.3 is 5.11 Å². The van der Waals surface area contributed by atoms with Gasteiger partial charge in [-0.3, -0.25) is 4.68 Å². The van der Waals surface area contributed by atoms with E-state index in [4.69, 9.17) is 0 Å². The maximum atomic E-state index is 10.3. The zero-order valence-electron chi connectivity index (χ0n) is 10.4. The molecule has 0 aromatic carbocycles. The fourth-order valence-electron chi connectivity index (χ4n) is 2.82. The van der Waals surface area contributed by atoms with Gasteiger partial charge in [-0.05, 0) is 28.3 Å². The summed E-state index contributed by atoms with van der Waals surface area (Å²) in [6, 6.07) is 0. The van der Waals surface area contributed by atoms with Crippen LogP contribution in [-0.4, -0.2) is 14.9 Å². The van der Waals surface area contributed by atoms with Gasteiger partial charge in [0.1, 0.15) is 0 Å². The van der Waals surface area contributed by atoms with Crippen LogP contribution in [0, 0.1) is 5.92 Å². The molecule has 0 bridgehead atoms. The van der Waals surface area contributed by atoms with E-state index in [0.717, 1.165) is 16.6 Å². The Morgan fingerprint density at radius 3 is 2.59 bits per heavy atom. The van der Waals surface area contributed by atoms with Crippen molar-refractivity contribution in [3.05, 3.63) is 16.4 Å². The van der Waals surface area contributed by atoms with Crippen LogP contribution < -0.4 is 0 Å². The van der Waals surface area contributed by atoms with Gasteiger partial charge in [-0.1, -0.05) is 38.5 Å². The van der Waals surface area contributed by atoms with Gasteiger partial charge in [0.2, 0.25) is 0 Å². The van der Waals surface area contributed by atoms with Crippen LogP contribution in [0.4, 0.5) is 0 Å². The molecule has 0 spiro atoms. The molecule has 2 rings (SSSR count). The van der Waals surface area contributed by atoms with Gasteiger partial charge in [0.15, 0.2) is 0 Å². The van der Waals surface area contributed by atoms with Gasteiger partial charge in [-0.15, -0.1) is 0 Å². The highest BCUT2D eigenvalue weighted by Gasteiger charge is 2.21. The Kier molecular flexibility index (Phi) is 4.62. The van der Waals surface area contributed by atoms with E-state index in [9.17, 15) is 5.11 Å². The molecule has 1 unspecified atom stereocenters. The van der Waals surface area contributed by atoms with Crippen LogP contribution in [-0.2, 0) is 7.05 Å². The molecule has 96 valence electrons. The molecular formula is C13H21BrN2O. The van der Waals surface area contributed by atoms with Crippen LogP contribution in [0.25, 0.3) is 0 Å².